The molecule has 0 saturated carbocycles. The quantitative estimate of drug-likeness (QED) is 0.439. The lowest BCUT2D eigenvalue weighted by atomic mass is 10.0. The number of anilines is 3. The van der Waals surface area contributed by atoms with Crippen molar-refractivity contribution >= 4 is 28.3 Å². The minimum absolute atomic E-state index is 0.163. The number of aromatic nitrogens is 4. The van der Waals surface area contributed by atoms with Crippen LogP contribution in [-0.2, 0) is 0 Å². The van der Waals surface area contributed by atoms with Crippen molar-refractivity contribution in [1.82, 2.24) is 20.3 Å². The van der Waals surface area contributed by atoms with E-state index in [0.717, 1.165) is 43.3 Å². The molecule has 1 saturated heterocycles. The summed E-state index contributed by atoms with van der Waals surface area (Å²) in [7, 11) is 0. The Morgan fingerprint density at radius 2 is 1.79 bits per heavy atom. The number of benzene rings is 2. The molecule has 0 amide bonds. The molecule has 2 aromatic carbocycles. The predicted octanol–water partition coefficient (Wildman–Crippen LogP) is 4.59. The Bertz CT molecular complexity index is 1280. The maximum atomic E-state index is 14.7. The molecule has 2 aromatic heterocycles. The summed E-state index contributed by atoms with van der Waals surface area (Å²) in [5.41, 5.74) is 1.88. The van der Waals surface area contributed by atoms with Crippen LogP contribution in [0, 0.1) is 5.82 Å². The van der Waals surface area contributed by atoms with E-state index in [1.54, 1.807) is 13.1 Å². The van der Waals surface area contributed by atoms with Gasteiger partial charge in [-0.3, -0.25) is 0 Å². The van der Waals surface area contributed by atoms with E-state index in [9.17, 15) is 13.2 Å². The molecule has 8 nitrogen and oxygen atoms in total. The number of halogens is 3. The van der Waals surface area contributed by atoms with Crippen molar-refractivity contribution in [1.29, 1.82) is 0 Å². The molecule has 1 atom stereocenters. The van der Waals surface area contributed by atoms with E-state index in [1.165, 1.54) is 18.5 Å². The van der Waals surface area contributed by atoms with Crippen LogP contribution in [0.3, 0.4) is 0 Å². The van der Waals surface area contributed by atoms with Crippen LogP contribution in [0.1, 0.15) is 30.5 Å². The first-order chi connectivity index (χ1) is 16.5. The Kier molecular flexibility index (Phi) is 5.91. The van der Waals surface area contributed by atoms with Gasteiger partial charge >= 0.3 is 6.01 Å². The zero-order chi connectivity index (χ0) is 23.7. The first-order valence-corrected chi connectivity index (χ1v) is 10.9. The van der Waals surface area contributed by atoms with Crippen molar-refractivity contribution in [2.45, 2.75) is 19.4 Å². The Hall–Kier alpha value is -3.89. The van der Waals surface area contributed by atoms with E-state index in [2.05, 4.69) is 30.6 Å². The predicted molar refractivity (Wildman–Crippen MR) is 122 cm³/mol. The Balaban J connectivity index is 1.38. The van der Waals surface area contributed by atoms with Crippen LogP contribution in [0.5, 0.6) is 0 Å². The van der Waals surface area contributed by atoms with E-state index in [-0.39, 0.29) is 5.56 Å². The van der Waals surface area contributed by atoms with Crippen molar-refractivity contribution < 1.29 is 17.7 Å². The van der Waals surface area contributed by atoms with Crippen LogP contribution in [0.4, 0.5) is 30.6 Å². The van der Waals surface area contributed by atoms with Crippen molar-refractivity contribution in [3.63, 3.8) is 0 Å². The fourth-order valence-electron chi connectivity index (χ4n) is 4.20. The van der Waals surface area contributed by atoms with Gasteiger partial charge in [0, 0.05) is 42.8 Å². The third kappa shape index (κ3) is 4.20. The minimum atomic E-state index is -2.88. The van der Waals surface area contributed by atoms with Gasteiger partial charge in [-0.1, -0.05) is 23.4 Å². The van der Waals surface area contributed by atoms with Gasteiger partial charge < -0.3 is 19.6 Å². The fourth-order valence-corrected chi connectivity index (χ4v) is 4.20. The zero-order valence-electron chi connectivity index (χ0n) is 18.3. The molecule has 3 heterocycles. The van der Waals surface area contributed by atoms with Gasteiger partial charge in [-0.2, -0.15) is 15.2 Å². The minimum Gasteiger partial charge on any atom is -0.377 e. The topological polar surface area (TPSA) is 83.2 Å². The second-order valence-corrected chi connectivity index (χ2v) is 8.07. The number of hydrogen-bond acceptors (Lipinski definition) is 8. The standard InChI is InChI=1S/C23H22F3N7O/c1-14(16-3-2-4-17(21(16)24)22(25)26)30-20-12-28-31-19-6-5-15(11-18(19)20)32-7-9-33(10-8-32)23-27-13-29-34-23/h2-6,11-14,22H,7-10H2,1H3,(H,30,31)/t14-/m1/s1. The molecule has 5 rings (SSSR count). The zero-order valence-corrected chi connectivity index (χ0v) is 18.3. The number of rotatable bonds is 6. The van der Waals surface area contributed by atoms with E-state index in [0.29, 0.717) is 17.2 Å². The molecule has 11 heteroatoms. The normalized spacial score (nSPS) is 15.2. The van der Waals surface area contributed by atoms with E-state index < -0.39 is 23.8 Å². The number of nitrogens with one attached hydrogen (secondary N) is 1. The summed E-state index contributed by atoms with van der Waals surface area (Å²) in [5, 5.41) is 15.9. The van der Waals surface area contributed by atoms with E-state index in [1.807, 2.05) is 23.1 Å². The van der Waals surface area contributed by atoms with Gasteiger partial charge in [0.1, 0.15) is 5.82 Å². The highest BCUT2D eigenvalue weighted by molar-refractivity contribution is 5.93. The summed E-state index contributed by atoms with van der Waals surface area (Å²) in [6, 6.07) is 9.87. The molecular formula is C23H22F3N7O. The van der Waals surface area contributed by atoms with Gasteiger partial charge in [0.25, 0.3) is 6.43 Å². The average molecular weight is 469 g/mol. The van der Waals surface area contributed by atoms with Crippen molar-refractivity contribution in [2.75, 3.05) is 41.3 Å². The molecular weight excluding hydrogens is 447 g/mol. The average Bonchev–Trinajstić information content (AvgIpc) is 3.39. The summed E-state index contributed by atoms with van der Waals surface area (Å²) >= 11 is 0. The summed E-state index contributed by atoms with van der Waals surface area (Å²) in [5.74, 6) is -0.899. The van der Waals surface area contributed by atoms with Crippen LogP contribution < -0.4 is 15.1 Å². The number of alkyl halides is 2. The lowest BCUT2D eigenvalue weighted by Crippen LogP contribution is -2.46. The van der Waals surface area contributed by atoms with Crippen molar-refractivity contribution in [2.24, 2.45) is 0 Å². The van der Waals surface area contributed by atoms with Gasteiger partial charge in [0.05, 0.1) is 29.0 Å². The number of hydrogen-bond donors (Lipinski definition) is 1. The first-order valence-electron chi connectivity index (χ1n) is 10.9. The maximum Gasteiger partial charge on any atom is 0.323 e. The van der Waals surface area contributed by atoms with Gasteiger partial charge in [-0.25, -0.2) is 13.2 Å². The molecule has 0 spiro atoms. The highest BCUT2D eigenvalue weighted by Gasteiger charge is 2.22. The molecule has 0 bridgehead atoms. The second-order valence-electron chi connectivity index (χ2n) is 8.07. The van der Waals surface area contributed by atoms with Crippen molar-refractivity contribution in [3.8, 4) is 0 Å². The summed E-state index contributed by atoms with van der Waals surface area (Å²) in [6.45, 7) is 4.71. The highest BCUT2D eigenvalue weighted by atomic mass is 19.3. The smallest absolute Gasteiger partial charge is 0.323 e. The van der Waals surface area contributed by atoms with Crippen LogP contribution in [-0.4, -0.2) is 46.5 Å². The van der Waals surface area contributed by atoms with E-state index >= 15 is 0 Å². The molecule has 176 valence electrons. The van der Waals surface area contributed by atoms with Crippen molar-refractivity contribution in [3.05, 3.63) is 65.9 Å². The third-order valence-electron chi connectivity index (χ3n) is 6.02. The molecule has 1 fully saturated rings. The lowest BCUT2D eigenvalue weighted by molar-refractivity contribution is 0.146. The summed E-state index contributed by atoms with van der Waals surface area (Å²) in [4.78, 5) is 8.38. The maximum absolute atomic E-state index is 14.7. The Morgan fingerprint density at radius 3 is 2.53 bits per heavy atom. The Labute approximate surface area is 193 Å². The molecule has 0 aliphatic carbocycles. The van der Waals surface area contributed by atoms with Gasteiger partial charge in [0.2, 0.25) is 0 Å². The number of piperazine rings is 1. The van der Waals surface area contributed by atoms with E-state index in [4.69, 9.17) is 4.52 Å². The monoisotopic (exact) mass is 469 g/mol. The molecule has 4 aromatic rings. The van der Waals surface area contributed by atoms with Crippen LogP contribution in [0.2, 0.25) is 0 Å². The van der Waals surface area contributed by atoms with Crippen LogP contribution in [0.15, 0.2) is 53.4 Å². The van der Waals surface area contributed by atoms with Gasteiger partial charge in [-0.05, 0) is 25.1 Å². The molecule has 0 radical (unpaired) electrons. The molecule has 1 aliphatic heterocycles. The molecule has 0 unspecified atom stereocenters. The summed E-state index contributed by atoms with van der Waals surface area (Å²) in [6.07, 6.45) is 0.0702. The number of nitrogens with zero attached hydrogens (tertiary/aromatic N) is 6. The van der Waals surface area contributed by atoms with Crippen LogP contribution in [0.25, 0.3) is 10.9 Å². The highest BCUT2D eigenvalue weighted by Crippen LogP contribution is 2.32. The van der Waals surface area contributed by atoms with Gasteiger partial charge in [0.15, 0.2) is 6.33 Å². The molecule has 1 N–H and O–H groups in total. The Morgan fingerprint density at radius 1 is 1.03 bits per heavy atom. The van der Waals surface area contributed by atoms with Gasteiger partial charge in [-0.15, -0.1) is 0 Å². The lowest BCUT2D eigenvalue weighted by Gasteiger charge is -2.35. The molecule has 34 heavy (non-hydrogen) atoms. The number of fused-ring (bicyclic) bond motifs is 1. The SMILES string of the molecule is C[C@@H](Nc1cnnc2ccc(N3CCN(c4ncno4)CC3)cc12)c1cccc(C(F)F)c1F. The molecule has 1 aliphatic rings. The second kappa shape index (κ2) is 9.16. The third-order valence-corrected chi connectivity index (χ3v) is 6.02. The first kappa shape index (κ1) is 21.9. The largest absolute Gasteiger partial charge is 0.377 e. The fraction of sp³-hybridized carbons (Fsp3) is 0.304. The summed E-state index contributed by atoms with van der Waals surface area (Å²) < 4.78 is 46.1. The van der Waals surface area contributed by atoms with Crippen LogP contribution >= 0.6 is 0 Å².